The van der Waals surface area contributed by atoms with Crippen molar-refractivity contribution in [3.63, 3.8) is 0 Å². The van der Waals surface area contributed by atoms with Crippen LogP contribution in [0.15, 0.2) is 24.3 Å². The molecule has 0 spiro atoms. The molecule has 4 nitrogen and oxygen atoms in total. The Morgan fingerprint density at radius 1 is 1.11 bits per heavy atom. The standard InChI is InChI=1S/C8H6O4.C5H11.Cu/c9-7(10)5-3-1-2-4-6(5)8(11)12;1-3-5-4-2;/h1-4H,(H,9,10)(H,11,12);3H,4-5H2,1-2H3;/q;-1;+2/p-2. The van der Waals surface area contributed by atoms with Gasteiger partial charge in [-0.05, 0) is 0 Å². The molecule has 0 saturated heterocycles. The van der Waals surface area contributed by atoms with Crippen LogP contribution >= 0.6 is 0 Å². The monoisotopic (exact) mass is 298 g/mol. The van der Waals surface area contributed by atoms with Gasteiger partial charge in [-0.1, -0.05) is 37.6 Å². The molecule has 0 aromatic heterocycles. The first-order valence-corrected chi connectivity index (χ1v) is 5.34. The molecule has 1 rings (SSSR count). The van der Waals surface area contributed by atoms with Crippen LogP contribution < -0.4 is 10.2 Å². The summed E-state index contributed by atoms with van der Waals surface area (Å²) >= 11 is 0. The van der Waals surface area contributed by atoms with E-state index in [1.165, 1.54) is 25.0 Å². The maximum absolute atomic E-state index is 10.3. The molecule has 0 amide bonds. The minimum Gasteiger partial charge on any atom is -0.545 e. The number of carboxylic acid groups (broad SMARTS) is 2. The maximum Gasteiger partial charge on any atom is 2.00 e. The van der Waals surface area contributed by atoms with Crippen molar-refractivity contribution in [3.05, 3.63) is 41.8 Å². The molecular weight excluding hydrogens is 284 g/mol. The second-order valence-electron chi connectivity index (χ2n) is 3.32. The van der Waals surface area contributed by atoms with E-state index in [1.54, 1.807) is 0 Å². The molecular formula is C13H15CuO4-. The number of carbonyl (C=O) groups is 2. The smallest absolute Gasteiger partial charge is 0.545 e. The molecule has 0 unspecified atom stereocenters. The third-order valence-electron chi connectivity index (χ3n) is 1.94. The number of rotatable bonds is 4. The molecule has 0 saturated carbocycles. The number of benzene rings is 1. The van der Waals surface area contributed by atoms with Crippen LogP contribution in [0.4, 0.5) is 0 Å². The molecule has 0 aliphatic rings. The summed E-state index contributed by atoms with van der Waals surface area (Å²) in [6.07, 6.45) is 4.73. The van der Waals surface area contributed by atoms with Crippen LogP contribution in [0.3, 0.4) is 0 Å². The fourth-order valence-electron chi connectivity index (χ4n) is 1.13. The van der Waals surface area contributed by atoms with E-state index in [-0.39, 0.29) is 28.2 Å². The normalized spacial score (nSPS) is 8.56. The van der Waals surface area contributed by atoms with E-state index in [0.29, 0.717) is 0 Å². The van der Waals surface area contributed by atoms with E-state index in [1.807, 2.05) is 0 Å². The van der Waals surface area contributed by atoms with Crippen LogP contribution in [0.2, 0.25) is 0 Å². The molecule has 1 aromatic rings. The van der Waals surface area contributed by atoms with Gasteiger partial charge in [0.1, 0.15) is 0 Å². The third kappa shape index (κ3) is 7.09. The minimum absolute atomic E-state index is 0. The molecule has 0 aliphatic heterocycles. The van der Waals surface area contributed by atoms with Crippen molar-refractivity contribution >= 4 is 11.9 Å². The van der Waals surface area contributed by atoms with Gasteiger partial charge in [0.25, 0.3) is 0 Å². The Kier molecular flexibility index (Phi) is 11.4. The van der Waals surface area contributed by atoms with E-state index in [2.05, 4.69) is 20.3 Å². The van der Waals surface area contributed by atoms with Gasteiger partial charge < -0.3 is 26.2 Å². The van der Waals surface area contributed by atoms with Gasteiger partial charge in [-0.3, -0.25) is 0 Å². The average Bonchev–Trinajstić information content (AvgIpc) is 2.30. The Morgan fingerprint density at radius 3 is 1.67 bits per heavy atom. The number of carboxylic acids is 2. The topological polar surface area (TPSA) is 80.3 Å². The first-order valence-electron chi connectivity index (χ1n) is 5.34. The number of hydrogen-bond acceptors (Lipinski definition) is 4. The van der Waals surface area contributed by atoms with Crippen molar-refractivity contribution in [2.24, 2.45) is 0 Å². The largest absolute Gasteiger partial charge is 2.00 e. The van der Waals surface area contributed by atoms with Crippen molar-refractivity contribution in [3.8, 4) is 0 Å². The van der Waals surface area contributed by atoms with Crippen LogP contribution in [-0.2, 0) is 17.1 Å². The summed E-state index contributed by atoms with van der Waals surface area (Å²) in [6.45, 7) is 4.27. The molecule has 103 valence electrons. The molecule has 1 aromatic carbocycles. The van der Waals surface area contributed by atoms with Gasteiger partial charge >= 0.3 is 17.1 Å². The predicted molar refractivity (Wildman–Crippen MR) is 60.0 cm³/mol. The molecule has 0 aliphatic carbocycles. The molecule has 5 heteroatoms. The van der Waals surface area contributed by atoms with Crippen molar-refractivity contribution in [1.82, 2.24) is 0 Å². The van der Waals surface area contributed by atoms with Gasteiger partial charge in [0, 0.05) is 11.1 Å². The van der Waals surface area contributed by atoms with Crippen LogP contribution in [0.5, 0.6) is 0 Å². The van der Waals surface area contributed by atoms with Gasteiger partial charge in [0.2, 0.25) is 0 Å². The molecule has 0 N–H and O–H groups in total. The Morgan fingerprint density at radius 2 is 1.50 bits per heavy atom. The van der Waals surface area contributed by atoms with Gasteiger partial charge in [-0.25, -0.2) is 0 Å². The maximum atomic E-state index is 10.3. The van der Waals surface area contributed by atoms with Gasteiger partial charge in [-0.15, -0.1) is 0 Å². The number of aromatic carboxylic acids is 2. The van der Waals surface area contributed by atoms with Gasteiger partial charge in [0.05, 0.1) is 11.9 Å². The average molecular weight is 299 g/mol. The summed E-state index contributed by atoms with van der Waals surface area (Å²) < 4.78 is 0. The molecule has 1 radical (unpaired) electrons. The molecule has 0 heterocycles. The molecule has 0 atom stereocenters. The van der Waals surface area contributed by atoms with E-state index in [0.717, 1.165) is 12.1 Å². The number of unbranched alkanes of at least 4 members (excludes halogenated alkanes) is 2. The summed E-state index contributed by atoms with van der Waals surface area (Å²) in [5.41, 5.74) is -0.727. The van der Waals surface area contributed by atoms with Crippen LogP contribution in [0.1, 0.15) is 47.4 Å². The Balaban J connectivity index is 0. The Hall–Kier alpha value is -1.32. The van der Waals surface area contributed by atoms with E-state index >= 15 is 0 Å². The second-order valence-corrected chi connectivity index (χ2v) is 3.32. The summed E-state index contributed by atoms with van der Waals surface area (Å²) in [7, 11) is 0. The van der Waals surface area contributed by atoms with Crippen LogP contribution in [0.25, 0.3) is 0 Å². The van der Waals surface area contributed by atoms with E-state index in [9.17, 15) is 19.8 Å². The minimum atomic E-state index is -1.52. The summed E-state index contributed by atoms with van der Waals surface area (Å²) in [5.74, 6) is -3.04. The van der Waals surface area contributed by atoms with Crippen molar-refractivity contribution in [2.45, 2.75) is 26.7 Å². The van der Waals surface area contributed by atoms with Crippen LogP contribution in [-0.4, -0.2) is 11.9 Å². The van der Waals surface area contributed by atoms with Gasteiger partial charge in [-0.2, -0.15) is 13.3 Å². The number of carbonyl (C=O) groups excluding carboxylic acids is 2. The van der Waals surface area contributed by atoms with Crippen LogP contribution in [0, 0.1) is 6.42 Å². The summed E-state index contributed by atoms with van der Waals surface area (Å²) in [6, 6.07) is 5.14. The molecule has 0 bridgehead atoms. The summed E-state index contributed by atoms with van der Waals surface area (Å²) in [5, 5.41) is 20.6. The molecule has 0 fully saturated rings. The van der Waals surface area contributed by atoms with Crippen molar-refractivity contribution in [2.75, 3.05) is 0 Å². The fourth-order valence-corrected chi connectivity index (χ4v) is 1.13. The Bertz CT molecular complexity index is 342. The van der Waals surface area contributed by atoms with E-state index < -0.39 is 11.9 Å². The summed E-state index contributed by atoms with van der Waals surface area (Å²) in [4.78, 5) is 20.6. The zero-order valence-electron chi connectivity index (χ0n) is 10.2. The first kappa shape index (κ1) is 19.0. The second kappa shape index (κ2) is 10.8. The zero-order chi connectivity index (χ0) is 13.3. The SMILES string of the molecule is C[CH-]CCC.O=C([O-])c1ccccc1C(=O)[O-].[Cu+2]. The van der Waals surface area contributed by atoms with Crippen molar-refractivity contribution in [1.29, 1.82) is 0 Å². The quantitative estimate of drug-likeness (QED) is 0.596. The van der Waals surface area contributed by atoms with E-state index in [4.69, 9.17) is 0 Å². The third-order valence-corrected chi connectivity index (χ3v) is 1.94. The van der Waals surface area contributed by atoms with Crippen molar-refractivity contribution < 1.29 is 36.9 Å². The Labute approximate surface area is 117 Å². The fraction of sp³-hybridized carbons (Fsp3) is 0.308. The number of hydrogen-bond donors (Lipinski definition) is 0. The van der Waals surface area contributed by atoms with Gasteiger partial charge in [0.15, 0.2) is 0 Å². The molecule has 18 heavy (non-hydrogen) atoms. The zero-order valence-corrected chi connectivity index (χ0v) is 11.2. The predicted octanol–water partition coefficient (Wildman–Crippen LogP) is 0.422. The first-order chi connectivity index (χ1) is 8.04.